The van der Waals surface area contributed by atoms with E-state index in [-0.39, 0.29) is 0 Å². The van der Waals surface area contributed by atoms with E-state index in [2.05, 4.69) is 58.2 Å². The molecule has 0 atom stereocenters. The number of halogens is 1. The average molecular weight is 345 g/mol. The van der Waals surface area contributed by atoms with E-state index in [0.717, 1.165) is 24.4 Å². The van der Waals surface area contributed by atoms with Crippen molar-refractivity contribution in [3.8, 4) is 5.69 Å². The number of aromatic nitrogens is 3. The predicted molar refractivity (Wildman–Crippen MR) is 95.1 cm³/mol. The van der Waals surface area contributed by atoms with E-state index in [1.54, 1.807) is 0 Å². The molecule has 3 rings (SSSR count). The highest BCUT2D eigenvalue weighted by molar-refractivity contribution is 7.98. The fraction of sp³-hybridized carbons (Fsp3) is 0.222. The lowest BCUT2D eigenvalue weighted by Crippen LogP contribution is -2.28. The third-order valence-corrected chi connectivity index (χ3v) is 4.88. The topological polar surface area (TPSA) is 21.7 Å². The number of para-hydroxylation sites is 1. The number of aryl methyl sites for hydroxylation is 1. The van der Waals surface area contributed by atoms with Crippen molar-refractivity contribution in [1.29, 1.82) is 0 Å². The molecule has 3 aromatic rings. The van der Waals surface area contributed by atoms with Crippen molar-refractivity contribution in [2.75, 3.05) is 5.88 Å². The molecule has 5 heteroatoms. The molecule has 118 valence electrons. The van der Waals surface area contributed by atoms with E-state index in [0.29, 0.717) is 5.88 Å². The Morgan fingerprint density at radius 1 is 1.04 bits per heavy atom. The highest BCUT2D eigenvalue weighted by Gasteiger charge is 2.12. The number of hydrogen-bond donors (Lipinski definition) is 0. The summed E-state index contributed by atoms with van der Waals surface area (Å²) >= 11 is 7.59. The van der Waals surface area contributed by atoms with Crippen LogP contribution in [0.1, 0.15) is 12.0 Å². The van der Waals surface area contributed by atoms with Gasteiger partial charge >= 0.3 is 0 Å². The van der Waals surface area contributed by atoms with Crippen LogP contribution in [-0.4, -0.2) is 15.7 Å². The second-order valence-corrected chi connectivity index (χ2v) is 6.60. The van der Waals surface area contributed by atoms with Gasteiger partial charge < -0.3 is 0 Å². The second kappa shape index (κ2) is 8.18. The number of nitrogens with zero attached hydrogens (tertiary/aromatic N) is 3. The Balaban J connectivity index is 1.76. The molecule has 0 amide bonds. The summed E-state index contributed by atoms with van der Waals surface area (Å²) in [7, 11) is 0. The van der Waals surface area contributed by atoms with Crippen LogP contribution in [0.2, 0.25) is 0 Å². The third kappa shape index (κ3) is 4.36. The first-order chi connectivity index (χ1) is 11.4. The van der Waals surface area contributed by atoms with Crippen LogP contribution in [0.25, 0.3) is 5.69 Å². The van der Waals surface area contributed by atoms with E-state index >= 15 is 0 Å². The number of thioether (sulfide) groups is 1. The molecule has 1 heterocycles. The van der Waals surface area contributed by atoms with Crippen molar-refractivity contribution in [3.63, 3.8) is 0 Å². The Morgan fingerprint density at radius 3 is 2.65 bits per heavy atom. The molecule has 1 aromatic heterocycles. The van der Waals surface area contributed by atoms with Crippen LogP contribution in [0.4, 0.5) is 0 Å². The summed E-state index contributed by atoms with van der Waals surface area (Å²) in [6.07, 6.45) is 4.80. The number of benzene rings is 2. The van der Waals surface area contributed by atoms with Gasteiger partial charge in [0.05, 0.1) is 0 Å². The zero-order valence-corrected chi connectivity index (χ0v) is 14.4. The van der Waals surface area contributed by atoms with Gasteiger partial charge in [0, 0.05) is 21.6 Å². The fourth-order valence-electron chi connectivity index (χ4n) is 2.31. The molecule has 0 saturated heterocycles. The van der Waals surface area contributed by atoms with E-state index in [9.17, 15) is 0 Å². The largest absolute Gasteiger partial charge is 0.270 e. The predicted octanol–water partition coefficient (Wildman–Crippen LogP) is 4.08. The first kappa shape index (κ1) is 16.1. The smallest absolute Gasteiger partial charge is 0.202 e. The molecule has 0 aliphatic carbocycles. The molecule has 0 aliphatic rings. The first-order valence-corrected chi connectivity index (χ1v) is 9.14. The Morgan fingerprint density at radius 2 is 1.83 bits per heavy atom. The molecule has 0 unspecified atom stereocenters. The highest BCUT2D eigenvalue weighted by Crippen LogP contribution is 2.26. The average Bonchev–Trinajstić information content (AvgIpc) is 3.08. The van der Waals surface area contributed by atoms with Crippen molar-refractivity contribution in [1.82, 2.24) is 9.78 Å². The van der Waals surface area contributed by atoms with E-state index in [4.69, 9.17) is 11.6 Å². The summed E-state index contributed by atoms with van der Waals surface area (Å²) in [5.74, 6) is 1.61. The third-order valence-electron chi connectivity index (χ3n) is 3.48. The van der Waals surface area contributed by atoms with Crippen molar-refractivity contribution in [2.24, 2.45) is 0 Å². The van der Waals surface area contributed by atoms with Crippen LogP contribution in [0.15, 0.2) is 72.1 Å². The van der Waals surface area contributed by atoms with Gasteiger partial charge in [0.1, 0.15) is 12.2 Å². The minimum Gasteiger partial charge on any atom is -0.202 e. The summed E-state index contributed by atoms with van der Waals surface area (Å²) in [5.41, 5.74) is 2.49. The molecule has 3 nitrogen and oxygen atoms in total. The van der Waals surface area contributed by atoms with Crippen molar-refractivity contribution in [3.05, 3.63) is 72.8 Å². The van der Waals surface area contributed by atoms with E-state index < -0.39 is 0 Å². The van der Waals surface area contributed by atoms with Gasteiger partial charge in [-0.05, 0) is 24.1 Å². The number of hydrogen-bond acceptors (Lipinski definition) is 2. The van der Waals surface area contributed by atoms with Gasteiger partial charge in [-0.1, -0.05) is 42.5 Å². The lowest BCUT2D eigenvalue weighted by atomic mass is 10.2. The summed E-state index contributed by atoms with van der Waals surface area (Å²) in [6.45, 7) is 0.843. The van der Waals surface area contributed by atoms with Gasteiger partial charge in [0.25, 0.3) is 6.33 Å². The van der Waals surface area contributed by atoms with Gasteiger partial charge in [0.15, 0.2) is 0 Å². The molecule has 0 N–H and O–H groups in total. The summed E-state index contributed by atoms with van der Waals surface area (Å²) in [6, 6.07) is 19.0. The van der Waals surface area contributed by atoms with Gasteiger partial charge in [0.2, 0.25) is 6.33 Å². The maximum atomic E-state index is 5.75. The van der Waals surface area contributed by atoms with Crippen LogP contribution in [0, 0.1) is 0 Å². The van der Waals surface area contributed by atoms with Crippen molar-refractivity contribution in [2.45, 2.75) is 23.6 Å². The van der Waals surface area contributed by atoms with Crippen LogP contribution >= 0.6 is 23.4 Å². The quantitative estimate of drug-likeness (QED) is 0.366. The minimum atomic E-state index is 0.656. The molecule has 0 spiro atoms. The Bertz CT molecular complexity index is 743. The maximum Gasteiger partial charge on any atom is 0.270 e. The normalized spacial score (nSPS) is 10.8. The Labute approximate surface area is 145 Å². The molecule has 0 aliphatic heterocycles. The lowest BCUT2D eigenvalue weighted by Gasteiger charge is -2.06. The van der Waals surface area contributed by atoms with Crippen LogP contribution < -0.4 is 4.57 Å². The molecule has 0 radical (unpaired) electrons. The maximum absolute atomic E-state index is 5.75. The number of alkyl halides is 1. The van der Waals surface area contributed by atoms with E-state index in [1.165, 1.54) is 10.5 Å². The summed E-state index contributed by atoms with van der Waals surface area (Å²) in [4.78, 5) is 1.25. The first-order valence-electron chi connectivity index (χ1n) is 7.62. The van der Waals surface area contributed by atoms with Gasteiger partial charge in [-0.25, -0.2) is 4.57 Å². The SMILES string of the molecule is ClCCCn1c[n+](-c2ccccc2SCc2ccccc2)cn1. The van der Waals surface area contributed by atoms with Gasteiger partial charge in [-0.15, -0.1) is 28.0 Å². The standard InChI is InChI=1S/C18H19ClN3S/c19-11-6-12-22-15-21(14-20-22)17-9-4-5-10-18(17)23-13-16-7-2-1-3-8-16/h1-5,7-10,14-15H,6,11-13H2/q+1. The van der Waals surface area contributed by atoms with Crippen LogP contribution in [-0.2, 0) is 12.3 Å². The zero-order valence-electron chi connectivity index (χ0n) is 12.8. The second-order valence-electron chi connectivity index (χ2n) is 5.20. The molecule has 23 heavy (non-hydrogen) atoms. The summed E-state index contributed by atoms with van der Waals surface area (Å²) in [5, 5.41) is 4.40. The van der Waals surface area contributed by atoms with Crippen molar-refractivity contribution < 1.29 is 4.57 Å². The molecule has 0 fully saturated rings. The molecular formula is C18H19ClN3S+. The van der Waals surface area contributed by atoms with Gasteiger partial charge in [-0.2, -0.15) is 0 Å². The molecule has 0 saturated carbocycles. The molecule has 0 bridgehead atoms. The van der Waals surface area contributed by atoms with Crippen LogP contribution in [0.3, 0.4) is 0 Å². The lowest BCUT2D eigenvalue weighted by molar-refractivity contribution is -0.599. The van der Waals surface area contributed by atoms with E-state index in [1.807, 2.05) is 35.2 Å². The zero-order chi connectivity index (χ0) is 15.9. The minimum absolute atomic E-state index is 0.656. The summed E-state index contributed by atoms with van der Waals surface area (Å²) < 4.78 is 4.00. The molecule has 2 aromatic carbocycles. The fourth-order valence-corrected chi connectivity index (χ4v) is 3.44. The Hall–Kier alpha value is -1.78. The number of rotatable bonds is 7. The molecular weight excluding hydrogens is 326 g/mol. The van der Waals surface area contributed by atoms with Gasteiger partial charge in [-0.3, -0.25) is 0 Å². The monoisotopic (exact) mass is 344 g/mol. The Kier molecular flexibility index (Phi) is 5.72. The van der Waals surface area contributed by atoms with Crippen molar-refractivity contribution >= 4 is 23.4 Å². The highest BCUT2D eigenvalue weighted by atomic mass is 35.5. The van der Waals surface area contributed by atoms with Crippen LogP contribution in [0.5, 0.6) is 0 Å².